The fourth-order valence-corrected chi connectivity index (χ4v) is 1.46. The molecule has 2 atom stereocenters. The normalized spacial score (nSPS) is 14.1. The van der Waals surface area contributed by atoms with Crippen LogP contribution in [0.25, 0.3) is 0 Å². The molecule has 1 aromatic rings. The maximum Gasteiger partial charge on any atom is 0.221 e. The first-order valence-corrected chi connectivity index (χ1v) is 5.71. The van der Waals surface area contributed by atoms with E-state index in [4.69, 9.17) is 10.5 Å². The van der Waals surface area contributed by atoms with Gasteiger partial charge >= 0.3 is 0 Å². The lowest BCUT2D eigenvalue weighted by atomic mass is 10.1. The van der Waals surface area contributed by atoms with Crippen molar-refractivity contribution in [1.29, 1.82) is 0 Å². The number of benzene rings is 1. The summed E-state index contributed by atoms with van der Waals surface area (Å²) >= 11 is 0. The first-order valence-electron chi connectivity index (χ1n) is 5.71. The van der Waals surface area contributed by atoms with Crippen molar-refractivity contribution in [2.45, 2.75) is 19.9 Å². The minimum atomic E-state index is -0.278. The Morgan fingerprint density at radius 3 is 2.41 bits per heavy atom. The van der Waals surface area contributed by atoms with E-state index in [9.17, 15) is 4.79 Å². The average Bonchev–Trinajstić information content (AvgIpc) is 2.35. The van der Waals surface area contributed by atoms with Crippen LogP contribution in [0.1, 0.15) is 25.5 Å². The van der Waals surface area contributed by atoms with Crippen molar-refractivity contribution in [1.82, 2.24) is 5.32 Å². The maximum atomic E-state index is 10.9. The monoisotopic (exact) mass is 236 g/mol. The molecule has 0 aliphatic rings. The number of nitrogens with two attached hydrogens (primary N) is 1. The zero-order chi connectivity index (χ0) is 12.8. The van der Waals surface area contributed by atoms with Crippen LogP contribution in [-0.4, -0.2) is 19.6 Å². The molecule has 0 aliphatic carbocycles. The van der Waals surface area contributed by atoms with Gasteiger partial charge in [-0.25, -0.2) is 0 Å². The number of primary amides is 1. The third-order valence-electron chi connectivity index (χ3n) is 2.83. The Hall–Kier alpha value is -1.55. The molecule has 0 aromatic heterocycles. The van der Waals surface area contributed by atoms with E-state index in [0.29, 0.717) is 6.54 Å². The molecular weight excluding hydrogens is 216 g/mol. The Morgan fingerprint density at radius 1 is 1.35 bits per heavy atom. The molecule has 0 spiro atoms. The van der Waals surface area contributed by atoms with E-state index in [1.165, 1.54) is 0 Å². The SMILES string of the molecule is COc1ccc([C@@H](C)NCC(C)C(N)=O)cc1. The van der Waals surface area contributed by atoms with Crippen molar-refractivity contribution in [3.8, 4) is 5.75 Å². The number of hydrogen-bond donors (Lipinski definition) is 2. The number of hydrogen-bond acceptors (Lipinski definition) is 3. The Morgan fingerprint density at radius 2 is 1.94 bits per heavy atom. The van der Waals surface area contributed by atoms with Gasteiger partial charge in [0, 0.05) is 18.5 Å². The highest BCUT2D eigenvalue weighted by atomic mass is 16.5. The van der Waals surface area contributed by atoms with Gasteiger partial charge in [-0.1, -0.05) is 19.1 Å². The molecule has 0 bridgehead atoms. The second-order valence-electron chi connectivity index (χ2n) is 4.21. The van der Waals surface area contributed by atoms with Crippen molar-refractivity contribution in [2.24, 2.45) is 11.7 Å². The number of carbonyl (C=O) groups is 1. The summed E-state index contributed by atoms with van der Waals surface area (Å²) in [5, 5.41) is 3.28. The van der Waals surface area contributed by atoms with E-state index in [0.717, 1.165) is 11.3 Å². The summed E-state index contributed by atoms with van der Waals surface area (Å²) in [5.41, 5.74) is 6.36. The first kappa shape index (κ1) is 13.5. The van der Waals surface area contributed by atoms with Gasteiger partial charge in [0.15, 0.2) is 0 Å². The van der Waals surface area contributed by atoms with Crippen LogP contribution in [-0.2, 0) is 4.79 Å². The summed E-state index contributed by atoms with van der Waals surface area (Å²) in [4.78, 5) is 10.9. The second kappa shape index (κ2) is 6.25. The van der Waals surface area contributed by atoms with Gasteiger partial charge in [-0.15, -0.1) is 0 Å². The van der Waals surface area contributed by atoms with Crippen molar-refractivity contribution in [3.63, 3.8) is 0 Å². The summed E-state index contributed by atoms with van der Waals surface area (Å²) in [6, 6.07) is 8.04. The summed E-state index contributed by atoms with van der Waals surface area (Å²) < 4.78 is 5.10. The van der Waals surface area contributed by atoms with Crippen LogP contribution in [0.2, 0.25) is 0 Å². The molecule has 17 heavy (non-hydrogen) atoms. The molecular formula is C13H20N2O2. The third-order valence-corrected chi connectivity index (χ3v) is 2.83. The largest absolute Gasteiger partial charge is 0.497 e. The standard InChI is InChI=1S/C13H20N2O2/c1-9(13(14)16)8-15-10(2)11-4-6-12(17-3)7-5-11/h4-7,9-10,15H,8H2,1-3H3,(H2,14,16)/t9?,10-/m1/s1. The van der Waals surface area contributed by atoms with E-state index in [2.05, 4.69) is 12.2 Å². The van der Waals surface area contributed by atoms with E-state index < -0.39 is 0 Å². The van der Waals surface area contributed by atoms with E-state index >= 15 is 0 Å². The third kappa shape index (κ3) is 4.07. The summed E-state index contributed by atoms with van der Waals surface area (Å²) in [6.45, 7) is 4.45. The lowest BCUT2D eigenvalue weighted by molar-refractivity contribution is -0.121. The predicted molar refractivity (Wildman–Crippen MR) is 67.8 cm³/mol. The molecule has 4 nitrogen and oxygen atoms in total. The molecule has 1 rings (SSSR count). The van der Waals surface area contributed by atoms with Crippen LogP contribution in [0.4, 0.5) is 0 Å². The summed E-state index contributed by atoms with van der Waals surface area (Å²) in [6.07, 6.45) is 0. The van der Waals surface area contributed by atoms with E-state index in [-0.39, 0.29) is 17.9 Å². The van der Waals surface area contributed by atoms with Crippen LogP contribution < -0.4 is 15.8 Å². The molecule has 94 valence electrons. The van der Waals surface area contributed by atoms with Gasteiger partial charge in [-0.3, -0.25) is 4.79 Å². The molecule has 4 heteroatoms. The quantitative estimate of drug-likeness (QED) is 0.786. The van der Waals surface area contributed by atoms with Gasteiger partial charge in [0.2, 0.25) is 5.91 Å². The van der Waals surface area contributed by atoms with Crippen LogP contribution in [0.5, 0.6) is 5.75 Å². The molecule has 3 N–H and O–H groups in total. The molecule has 0 saturated carbocycles. The molecule has 0 radical (unpaired) electrons. The number of nitrogens with one attached hydrogen (secondary N) is 1. The van der Waals surface area contributed by atoms with Crippen molar-refractivity contribution in [2.75, 3.05) is 13.7 Å². The highest BCUT2D eigenvalue weighted by Gasteiger charge is 2.11. The number of carbonyl (C=O) groups excluding carboxylic acids is 1. The van der Waals surface area contributed by atoms with E-state index in [1.807, 2.05) is 31.2 Å². The van der Waals surface area contributed by atoms with Crippen molar-refractivity contribution in [3.05, 3.63) is 29.8 Å². The second-order valence-corrected chi connectivity index (χ2v) is 4.21. The minimum Gasteiger partial charge on any atom is -0.497 e. The molecule has 0 aliphatic heterocycles. The summed E-state index contributed by atoms with van der Waals surface area (Å²) in [5.74, 6) is 0.404. The van der Waals surface area contributed by atoms with Crippen molar-refractivity contribution < 1.29 is 9.53 Å². The van der Waals surface area contributed by atoms with E-state index in [1.54, 1.807) is 7.11 Å². The van der Waals surface area contributed by atoms with Crippen LogP contribution in [0.15, 0.2) is 24.3 Å². The number of amides is 1. The number of ether oxygens (including phenoxy) is 1. The molecule has 0 fully saturated rings. The zero-order valence-corrected chi connectivity index (χ0v) is 10.6. The molecule has 1 amide bonds. The molecule has 0 saturated heterocycles. The lowest BCUT2D eigenvalue weighted by Gasteiger charge is -2.16. The Balaban J connectivity index is 2.51. The highest BCUT2D eigenvalue weighted by Crippen LogP contribution is 2.17. The van der Waals surface area contributed by atoms with Gasteiger partial charge in [0.05, 0.1) is 7.11 Å². The number of rotatable bonds is 6. The molecule has 1 unspecified atom stereocenters. The first-order chi connectivity index (χ1) is 8.04. The van der Waals surface area contributed by atoms with Crippen LogP contribution >= 0.6 is 0 Å². The Bertz CT molecular complexity index is 362. The minimum absolute atomic E-state index is 0.157. The molecule has 1 aromatic carbocycles. The predicted octanol–water partition coefficient (Wildman–Crippen LogP) is 1.47. The zero-order valence-electron chi connectivity index (χ0n) is 10.6. The fraction of sp³-hybridized carbons (Fsp3) is 0.462. The number of methoxy groups -OCH3 is 1. The van der Waals surface area contributed by atoms with Gasteiger partial charge < -0.3 is 15.8 Å². The Kier molecular flexibility index (Phi) is 4.97. The maximum absolute atomic E-state index is 10.9. The average molecular weight is 236 g/mol. The van der Waals surface area contributed by atoms with Crippen LogP contribution in [0, 0.1) is 5.92 Å². The van der Waals surface area contributed by atoms with Gasteiger partial charge in [-0.2, -0.15) is 0 Å². The summed E-state index contributed by atoms with van der Waals surface area (Å²) in [7, 11) is 1.64. The smallest absolute Gasteiger partial charge is 0.221 e. The van der Waals surface area contributed by atoms with Gasteiger partial charge in [0.25, 0.3) is 0 Å². The highest BCUT2D eigenvalue weighted by molar-refractivity contribution is 5.76. The Labute approximate surface area is 102 Å². The van der Waals surface area contributed by atoms with Gasteiger partial charge in [-0.05, 0) is 24.6 Å². The lowest BCUT2D eigenvalue weighted by Crippen LogP contribution is -2.32. The van der Waals surface area contributed by atoms with Gasteiger partial charge in [0.1, 0.15) is 5.75 Å². The van der Waals surface area contributed by atoms with Crippen LogP contribution in [0.3, 0.4) is 0 Å². The molecule has 0 heterocycles. The topological polar surface area (TPSA) is 64.3 Å². The van der Waals surface area contributed by atoms with Crippen molar-refractivity contribution >= 4 is 5.91 Å². The fourth-order valence-electron chi connectivity index (χ4n) is 1.46.